The fourth-order valence-electron chi connectivity index (χ4n) is 2.45. The molecule has 0 aliphatic rings. The molecule has 0 saturated heterocycles. The highest BCUT2D eigenvalue weighted by atomic mass is 15.0. The smallest absolute Gasteiger partial charge is 0.0963 e. The fourth-order valence-corrected chi connectivity index (χ4v) is 2.45. The minimum Gasteiger partial charge on any atom is -0.331 e. The number of aromatic nitrogens is 2. The molecule has 0 aliphatic heterocycles. The van der Waals surface area contributed by atoms with Crippen molar-refractivity contribution >= 4 is 11.0 Å². The van der Waals surface area contributed by atoms with E-state index >= 15 is 0 Å². The molecule has 0 radical (unpaired) electrons. The molecular weight excluding hydrogens is 232 g/mol. The SMILES string of the molecule is CCCCn1cnc2c(-c3ccccc3)cccc21. The van der Waals surface area contributed by atoms with E-state index in [9.17, 15) is 0 Å². The number of imidazole rings is 1. The Morgan fingerprint density at radius 1 is 1.00 bits per heavy atom. The lowest BCUT2D eigenvalue weighted by Gasteiger charge is -2.05. The molecule has 0 amide bonds. The molecule has 2 heteroatoms. The summed E-state index contributed by atoms with van der Waals surface area (Å²) in [6.07, 6.45) is 4.37. The topological polar surface area (TPSA) is 17.8 Å². The minimum absolute atomic E-state index is 1.05. The van der Waals surface area contributed by atoms with Crippen LogP contribution in [0.3, 0.4) is 0 Å². The number of benzene rings is 2. The Kier molecular flexibility index (Phi) is 3.32. The van der Waals surface area contributed by atoms with Crippen LogP contribution < -0.4 is 0 Å². The molecule has 0 unspecified atom stereocenters. The van der Waals surface area contributed by atoms with Gasteiger partial charge in [0.2, 0.25) is 0 Å². The summed E-state index contributed by atoms with van der Waals surface area (Å²) in [7, 11) is 0. The predicted molar refractivity (Wildman–Crippen MR) is 80.1 cm³/mol. The summed E-state index contributed by atoms with van der Waals surface area (Å²) in [5.41, 5.74) is 4.78. The number of hydrogen-bond acceptors (Lipinski definition) is 1. The number of rotatable bonds is 4. The Labute approximate surface area is 113 Å². The average molecular weight is 250 g/mol. The van der Waals surface area contributed by atoms with Gasteiger partial charge in [0.1, 0.15) is 0 Å². The zero-order chi connectivity index (χ0) is 13.1. The van der Waals surface area contributed by atoms with E-state index in [4.69, 9.17) is 0 Å². The van der Waals surface area contributed by atoms with E-state index in [1.807, 2.05) is 12.4 Å². The van der Waals surface area contributed by atoms with Gasteiger partial charge in [-0.15, -0.1) is 0 Å². The molecule has 3 rings (SSSR count). The molecule has 0 spiro atoms. The highest BCUT2D eigenvalue weighted by Gasteiger charge is 2.08. The zero-order valence-corrected chi connectivity index (χ0v) is 11.2. The predicted octanol–water partition coefficient (Wildman–Crippen LogP) is 4.50. The fraction of sp³-hybridized carbons (Fsp3) is 0.235. The van der Waals surface area contributed by atoms with Crippen LogP contribution >= 0.6 is 0 Å². The van der Waals surface area contributed by atoms with E-state index in [-0.39, 0.29) is 0 Å². The lowest BCUT2D eigenvalue weighted by Crippen LogP contribution is -1.95. The van der Waals surface area contributed by atoms with Crippen LogP contribution in [0.25, 0.3) is 22.2 Å². The molecule has 19 heavy (non-hydrogen) atoms. The van der Waals surface area contributed by atoms with Crippen LogP contribution in [0.4, 0.5) is 0 Å². The maximum Gasteiger partial charge on any atom is 0.0963 e. The summed E-state index contributed by atoms with van der Waals surface area (Å²) < 4.78 is 2.26. The maximum absolute atomic E-state index is 4.61. The summed E-state index contributed by atoms with van der Waals surface area (Å²) in [6, 6.07) is 16.9. The second-order valence-corrected chi connectivity index (χ2v) is 4.83. The normalized spacial score (nSPS) is 11.0. The molecule has 2 aromatic carbocycles. The summed E-state index contributed by atoms with van der Waals surface area (Å²) in [4.78, 5) is 4.61. The molecule has 0 fully saturated rings. The monoisotopic (exact) mass is 250 g/mol. The van der Waals surface area contributed by atoms with Crippen molar-refractivity contribution in [3.8, 4) is 11.1 Å². The maximum atomic E-state index is 4.61. The summed E-state index contributed by atoms with van der Waals surface area (Å²) >= 11 is 0. The van der Waals surface area contributed by atoms with E-state index in [1.165, 1.54) is 29.5 Å². The van der Waals surface area contributed by atoms with E-state index in [1.54, 1.807) is 0 Å². The Bertz CT molecular complexity index is 668. The first-order chi connectivity index (χ1) is 9.40. The average Bonchev–Trinajstić information content (AvgIpc) is 2.89. The van der Waals surface area contributed by atoms with E-state index in [2.05, 4.69) is 58.9 Å². The highest BCUT2D eigenvalue weighted by Crippen LogP contribution is 2.27. The number of fused-ring (bicyclic) bond motifs is 1. The summed E-state index contributed by atoms with van der Waals surface area (Å²) in [5, 5.41) is 0. The van der Waals surface area contributed by atoms with Gasteiger partial charge < -0.3 is 4.57 Å². The van der Waals surface area contributed by atoms with Gasteiger partial charge in [-0.1, -0.05) is 55.8 Å². The van der Waals surface area contributed by atoms with Crippen LogP contribution in [-0.2, 0) is 6.54 Å². The van der Waals surface area contributed by atoms with Crippen molar-refractivity contribution < 1.29 is 0 Å². The first-order valence-corrected chi connectivity index (χ1v) is 6.89. The van der Waals surface area contributed by atoms with Crippen molar-refractivity contribution in [3.05, 3.63) is 54.9 Å². The Hall–Kier alpha value is -2.09. The second-order valence-electron chi connectivity index (χ2n) is 4.83. The van der Waals surface area contributed by atoms with Gasteiger partial charge in [-0.2, -0.15) is 0 Å². The largest absolute Gasteiger partial charge is 0.331 e. The molecule has 2 nitrogen and oxygen atoms in total. The van der Waals surface area contributed by atoms with Crippen molar-refractivity contribution in [2.24, 2.45) is 0 Å². The Balaban J connectivity index is 2.10. The molecule has 0 atom stereocenters. The van der Waals surface area contributed by atoms with E-state index in [0.29, 0.717) is 0 Å². The Morgan fingerprint density at radius 3 is 2.63 bits per heavy atom. The van der Waals surface area contributed by atoms with Gasteiger partial charge >= 0.3 is 0 Å². The highest BCUT2D eigenvalue weighted by molar-refractivity contribution is 5.92. The van der Waals surface area contributed by atoms with E-state index in [0.717, 1.165) is 12.1 Å². The molecular formula is C17H18N2. The summed E-state index contributed by atoms with van der Waals surface area (Å²) in [6.45, 7) is 3.26. The Morgan fingerprint density at radius 2 is 1.84 bits per heavy atom. The molecule has 1 aromatic heterocycles. The van der Waals surface area contributed by atoms with Crippen molar-refractivity contribution in [1.29, 1.82) is 0 Å². The molecule has 0 N–H and O–H groups in total. The van der Waals surface area contributed by atoms with Crippen molar-refractivity contribution in [3.63, 3.8) is 0 Å². The third kappa shape index (κ3) is 2.26. The number of hydrogen-bond donors (Lipinski definition) is 0. The van der Waals surface area contributed by atoms with Crippen LogP contribution in [0, 0.1) is 0 Å². The van der Waals surface area contributed by atoms with Gasteiger partial charge in [-0.05, 0) is 18.1 Å². The number of aryl methyl sites for hydroxylation is 1. The second kappa shape index (κ2) is 5.27. The van der Waals surface area contributed by atoms with Gasteiger partial charge in [0, 0.05) is 12.1 Å². The molecule has 0 aliphatic carbocycles. The lowest BCUT2D eigenvalue weighted by atomic mass is 10.0. The van der Waals surface area contributed by atoms with Gasteiger partial charge in [-0.3, -0.25) is 0 Å². The third-order valence-electron chi connectivity index (χ3n) is 3.49. The number of unbranched alkanes of at least 4 members (excludes halogenated alkanes) is 1. The van der Waals surface area contributed by atoms with Gasteiger partial charge in [0.25, 0.3) is 0 Å². The summed E-state index contributed by atoms with van der Waals surface area (Å²) in [5.74, 6) is 0. The van der Waals surface area contributed by atoms with Crippen molar-refractivity contribution in [2.45, 2.75) is 26.3 Å². The van der Waals surface area contributed by atoms with Gasteiger partial charge in [-0.25, -0.2) is 4.98 Å². The van der Waals surface area contributed by atoms with Crippen LogP contribution in [0.15, 0.2) is 54.9 Å². The first kappa shape index (κ1) is 12.0. The molecule has 0 bridgehead atoms. The van der Waals surface area contributed by atoms with Gasteiger partial charge in [0.05, 0.1) is 17.4 Å². The van der Waals surface area contributed by atoms with E-state index < -0.39 is 0 Å². The number of para-hydroxylation sites is 1. The van der Waals surface area contributed by atoms with Crippen LogP contribution in [0.5, 0.6) is 0 Å². The molecule has 0 saturated carbocycles. The molecule has 96 valence electrons. The lowest BCUT2D eigenvalue weighted by molar-refractivity contribution is 0.646. The molecule has 3 aromatic rings. The quantitative estimate of drug-likeness (QED) is 0.666. The first-order valence-electron chi connectivity index (χ1n) is 6.89. The van der Waals surface area contributed by atoms with Crippen LogP contribution in [-0.4, -0.2) is 9.55 Å². The van der Waals surface area contributed by atoms with Crippen LogP contribution in [0.1, 0.15) is 19.8 Å². The van der Waals surface area contributed by atoms with Crippen molar-refractivity contribution in [1.82, 2.24) is 9.55 Å². The number of nitrogens with zero attached hydrogens (tertiary/aromatic N) is 2. The van der Waals surface area contributed by atoms with Crippen molar-refractivity contribution in [2.75, 3.05) is 0 Å². The zero-order valence-electron chi connectivity index (χ0n) is 11.2. The minimum atomic E-state index is 1.05. The standard InChI is InChI=1S/C17H18N2/c1-2-3-12-19-13-18-17-15(10-7-11-16(17)19)14-8-5-4-6-9-14/h4-11,13H,2-3,12H2,1H3. The van der Waals surface area contributed by atoms with Crippen LogP contribution in [0.2, 0.25) is 0 Å². The molecule has 1 heterocycles. The third-order valence-corrected chi connectivity index (χ3v) is 3.49. The van der Waals surface area contributed by atoms with Gasteiger partial charge in [0.15, 0.2) is 0 Å².